The monoisotopic (exact) mass is 471 g/mol. The van der Waals surface area contributed by atoms with Gasteiger partial charge in [-0.15, -0.1) is 0 Å². The molecule has 2 fully saturated rings. The lowest BCUT2D eigenvalue weighted by Gasteiger charge is -2.26. The average molecular weight is 472 g/mol. The molecule has 168 valence electrons. The van der Waals surface area contributed by atoms with Crippen molar-refractivity contribution in [2.75, 3.05) is 24.7 Å². The minimum atomic E-state index is -0.129. The summed E-state index contributed by atoms with van der Waals surface area (Å²) in [5.74, 6) is 1.58. The predicted octanol–water partition coefficient (Wildman–Crippen LogP) is 5.55. The van der Waals surface area contributed by atoms with Crippen molar-refractivity contribution >= 4 is 45.7 Å². The van der Waals surface area contributed by atoms with E-state index in [-0.39, 0.29) is 11.8 Å². The van der Waals surface area contributed by atoms with Crippen LogP contribution in [0.5, 0.6) is 0 Å². The number of carbonyl (C=O) groups excluding carboxylic acids is 1. The van der Waals surface area contributed by atoms with Gasteiger partial charge in [0.1, 0.15) is 5.82 Å². The molecule has 2 aromatic carbocycles. The topological polar surface area (TPSA) is 47.4 Å². The van der Waals surface area contributed by atoms with Gasteiger partial charge in [-0.1, -0.05) is 23.2 Å². The fourth-order valence-corrected chi connectivity index (χ4v) is 5.29. The molecule has 3 aromatic rings. The van der Waals surface area contributed by atoms with E-state index in [0.29, 0.717) is 22.4 Å². The molecule has 2 aliphatic rings. The molecule has 2 saturated heterocycles. The molecule has 0 aliphatic carbocycles. The number of ketones is 1. The molecule has 5 nitrogen and oxygen atoms in total. The maximum atomic E-state index is 13.5. The number of Topliss-reactive ketones (excluding diaryl/α,β-unsaturated/α-hetero) is 1. The normalized spacial score (nSPS) is 19.7. The number of ether oxygens (including phenoxy) is 1. The van der Waals surface area contributed by atoms with Gasteiger partial charge in [0.15, 0.2) is 5.78 Å². The van der Waals surface area contributed by atoms with Crippen molar-refractivity contribution in [1.29, 1.82) is 0 Å². The fourth-order valence-electron chi connectivity index (χ4n) is 5.00. The Balaban J connectivity index is 1.41. The van der Waals surface area contributed by atoms with Crippen molar-refractivity contribution in [2.45, 2.75) is 44.7 Å². The number of rotatable bonds is 6. The summed E-state index contributed by atoms with van der Waals surface area (Å²) in [5, 5.41) is 1.37. The molecule has 0 unspecified atom stereocenters. The van der Waals surface area contributed by atoms with Gasteiger partial charge < -0.3 is 14.2 Å². The molecular weight excluding hydrogens is 445 g/mol. The van der Waals surface area contributed by atoms with Crippen molar-refractivity contribution in [3.8, 4) is 0 Å². The van der Waals surface area contributed by atoms with E-state index in [9.17, 15) is 4.79 Å². The lowest BCUT2D eigenvalue weighted by molar-refractivity contribution is -0.119. The minimum Gasteiger partial charge on any atom is -0.381 e. The third-order valence-corrected chi connectivity index (χ3v) is 7.17. The van der Waals surface area contributed by atoms with E-state index in [0.717, 1.165) is 74.5 Å². The molecule has 1 atom stereocenters. The molecular formula is C25H27Cl2N3O2. The molecule has 5 rings (SSSR count). The molecule has 0 saturated carbocycles. The van der Waals surface area contributed by atoms with Gasteiger partial charge in [0.2, 0.25) is 0 Å². The van der Waals surface area contributed by atoms with Gasteiger partial charge in [0.25, 0.3) is 0 Å². The second kappa shape index (κ2) is 9.42. The van der Waals surface area contributed by atoms with Gasteiger partial charge in [-0.05, 0) is 74.1 Å². The van der Waals surface area contributed by atoms with Crippen LogP contribution in [0.1, 0.15) is 31.5 Å². The van der Waals surface area contributed by atoms with E-state index in [1.807, 2.05) is 42.5 Å². The Kier molecular flexibility index (Phi) is 6.40. The number of fused-ring (bicyclic) bond motifs is 1. The van der Waals surface area contributed by atoms with E-state index in [2.05, 4.69) is 9.47 Å². The summed E-state index contributed by atoms with van der Waals surface area (Å²) >= 11 is 12.3. The van der Waals surface area contributed by atoms with Crippen LogP contribution in [0.25, 0.3) is 11.0 Å². The average Bonchev–Trinajstić information content (AvgIpc) is 3.40. The first-order valence-electron chi connectivity index (χ1n) is 11.4. The number of halogens is 2. The van der Waals surface area contributed by atoms with Crippen LogP contribution in [0.4, 0.5) is 5.69 Å². The molecule has 3 heterocycles. The highest BCUT2D eigenvalue weighted by molar-refractivity contribution is 6.31. The van der Waals surface area contributed by atoms with Crippen molar-refractivity contribution in [3.63, 3.8) is 0 Å². The van der Waals surface area contributed by atoms with Crippen LogP contribution in [0, 0.1) is 5.92 Å². The van der Waals surface area contributed by atoms with Crippen molar-refractivity contribution in [2.24, 2.45) is 5.92 Å². The molecule has 0 radical (unpaired) electrons. The highest BCUT2D eigenvalue weighted by atomic mass is 35.5. The molecule has 32 heavy (non-hydrogen) atoms. The molecule has 0 N–H and O–H groups in total. The van der Waals surface area contributed by atoms with E-state index in [4.69, 9.17) is 32.9 Å². The smallest absolute Gasteiger partial charge is 0.162 e. The first kappa shape index (κ1) is 21.7. The molecule has 0 amide bonds. The maximum absolute atomic E-state index is 13.5. The highest BCUT2D eigenvalue weighted by Gasteiger charge is 2.32. The third kappa shape index (κ3) is 4.52. The van der Waals surface area contributed by atoms with Crippen LogP contribution in [0.2, 0.25) is 10.0 Å². The van der Waals surface area contributed by atoms with Crippen LogP contribution in [-0.4, -0.2) is 41.1 Å². The Labute approximate surface area is 198 Å². The Morgan fingerprint density at radius 1 is 1.03 bits per heavy atom. The van der Waals surface area contributed by atoms with Crippen LogP contribution < -0.4 is 4.90 Å². The summed E-state index contributed by atoms with van der Waals surface area (Å²) in [4.78, 5) is 20.5. The Morgan fingerprint density at radius 2 is 1.78 bits per heavy atom. The first-order chi connectivity index (χ1) is 15.6. The largest absolute Gasteiger partial charge is 0.381 e. The van der Waals surface area contributed by atoms with E-state index >= 15 is 0 Å². The van der Waals surface area contributed by atoms with Crippen LogP contribution in [0.3, 0.4) is 0 Å². The number of imidazole rings is 1. The van der Waals surface area contributed by atoms with Gasteiger partial charge in [-0.25, -0.2) is 4.98 Å². The number of anilines is 1. The Bertz CT molecular complexity index is 1110. The second-order valence-corrected chi connectivity index (χ2v) is 9.67. The quantitative estimate of drug-likeness (QED) is 0.472. The minimum absolute atomic E-state index is 0.129. The zero-order chi connectivity index (χ0) is 22.1. The van der Waals surface area contributed by atoms with Gasteiger partial charge in [0, 0.05) is 42.0 Å². The second-order valence-electron chi connectivity index (χ2n) is 8.80. The van der Waals surface area contributed by atoms with E-state index in [1.165, 1.54) is 0 Å². The summed E-state index contributed by atoms with van der Waals surface area (Å²) in [7, 11) is 0. The van der Waals surface area contributed by atoms with Gasteiger partial charge in [-0.2, -0.15) is 0 Å². The standard InChI is InChI=1S/C25H27Cl2N3O2/c26-18-3-6-20(7-4-18)29-11-1-2-23(29)24(31)15-25-28-21-14-19(27)5-8-22(21)30(25)16-17-9-12-32-13-10-17/h3-8,14,17,23H,1-2,9-13,15-16H2/t23-/m0/s1. The summed E-state index contributed by atoms with van der Waals surface area (Å²) in [6.07, 6.45) is 4.27. The summed E-state index contributed by atoms with van der Waals surface area (Å²) in [6, 6.07) is 13.4. The molecule has 7 heteroatoms. The van der Waals surface area contributed by atoms with Crippen LogP contribution in [0.15, 0.2) is 42.5 Å². The van der Waals surface area contributed by atoms with E-state index < -0.39 is 0 Å². The van der Waals surface area contributed by atoms with Crippen molar-refractivity contribution < 1.29 is 9.53 Å². The van der Waals surface area contributed by atoms with Gasteiger partial charge in [0.05, 0.1) is 23.5 Å². The number of carbonyl (C=O) groups is 1. The molecule has 0 bridgehead atoms. The Morgan fingerprint density at radius 3 is 2.56 bits per heavy atom. The lowest BCUT2D eigenvalue weighted by Crippen LogP contribution is -2.37. The fraction of sp³-hybridized carbons (Fsp3) is 0.440. The summed E-state index contributed by atoms with van der Waals surface area (Å²) < 4.78 is 7.77. The number of benzene rings is 2. The number of hydrogen-bond donors (Lipinski definition) is 0. The first-order valence-corrected chi connectivity index (χ1v) is 12.1. The van der Waals surface area contributed by atoms with Crippen LogP contribution in [-0.2, 0) is 22.5 Å². The number of aromatic nitrogens is 2. The molecule has 1 aromatic heterocycles. The molecule has 0 spiro atoms. The van der Waals surface area contributed by atoms with Crippen molar-refractivity contribution in [1.82, 2.24) is 9.55 Å². The predicted molar refractivity (Wildman–Crippen MR) is 129 cm³/mol. The maximum Gasteiger partial charge on any atom is 0.162 e. The Hall–Kier alpha value is -2.08. The number of hydrogen-bond acceptors (Lipinski definition) is 4. The zero-order valence-corrected chi connectivity index (χ0v) is 19.5. The van der Waals surface area contributed by atoms with Crippen LogP contribution >= 0.6 is 23.2 Å². The van der Waals surface area contributed by atoms with Gasteiger partial charge in [-0.3, -0.25) is 4.79 Å². The van der Waals surface area contributed by atoms with Gasteiger partial charge >= 0.3 is 0 Å². The lowest BCUT2D eigenvalue weighted by atomic mass is 10.00. The molecule has 2 aliphatic heterocycles. The SMILES string of the molecule is O=C(Cc1nc2cc(Cl)ccc2n1CC1CCOCC1)[C@@H]1CCCN1c1ccc(Cl)cc1. The van der Waals surface area contributed by atoms with Crippen molar-refractivity contribution in [3.05, 3.63) is 58.3 Å². The highest BCUT2D eigenvalue weighted by Crippen LogP contribution is 2.29. The number of nitrogens with zero attached hydrogens (tertiary/aromatic N) is 3. The summed E-state index contributed by atoms with van der Waals surface area (Å²) in [6.45, 7) is 3.34. The van der Waals surface area contributed by atoms with E-state index in [1.54, 1.807) is 0 Å². The third-order valence-electron chi connectivity index (χ3n) is 6.69. The zero-order valence-electron chi connectivity index (χ0n) is 18.0. The summed E-state index contributed by atoms with van der Waals surface area (Å²) in [5.41, 5.74) is 2.95.